The number of ether oxygens (including phenoxy) is 2. The van der Waals surface area contributed by atoms with Crippen molar-refractivity contribution in [2.45, 2.75) is 13.5 Å². The molecule has 0 aromatic heterocycles. The first kappa shape index (κ1) is 23.3. The number of carbonyl (C=O) groups excluding carboxylic acids is 1. The molecule has 1 fully saturated rings. The summed E-state index contributed by atoms with van der Waals surface area (Å²) in [5.74, 6) is 1.93. The van der Waals surface area contributed by atoms with Gasteiger partial charge in [0.1, 0.15) is 0 Å². The molecule has 1 amide bonds. The van der Waals surface area contributed by atoms with E-state index in [1.165, 1.54) is 0 Å². The lowest BCUT2D eigenvalue weighted by molar-refractivity contribution is -0.130. The Balaban J connectivity index is 0.00000364. The summed E-state index contributed by atoms with van der Waals surface area (Å²) >= 11 is 0. The SMILES string of the molecule is COc1ccc(CN=C(N)NCCN2CCN(C(C)=O)CC2)cc1OC.I. The number of hydrogen-bond donors (Lipinski definition) is 2. The van der Waals surface area contributed by atoms with Crippen molar-refractivity contribution in [3.8, 4) is 11.5 Å². The van der Waals surface area contributed by atoms with Gasteiger partial charge in [0.2, 0.25) is 5.91 Å². The summed E-state index contributed by atoms with van der Waals surface area (Å²) in [4.78, 5) is 19.9. The van der Waals surface area contributed by atoms with E-state index in [-0.39, 0.29) is 29.9 Å². The molecule has 0 spiro atoms. The summed E-state index contributed by atoms with van der Waals surface area (Å²) in [5.41, 5.74) is 6.93. The number of hydrogen-bond acceptors (Lipinski definition) is 5. The maximum absolute atomic E-state index is 11.3. The fraction of sp³-hybridized carbons (Fsp3) is 0.556. The van der Waals surface area contributed by atoms with Gasteiger partial charge in [-0.25, -0.2) is 4.99 Å². The number of piperazine rings is 1. The fourth-order valence-electron chi connectivity index (χ4n) is 2.84. The van der Waals surface area contributed by atoms with Gasteiger partial charge in [0.15, 0.2) is 17.5 Å². The van der Waals surface area contributed by atoms with Crippen LogP contribution < -0.4 is 20.5 Å². The van der Waals surface area contributed by atoms with Gasteiger partial charge in [-0.1, -0.05) is 6.07 Å². The average molecular weight is 491 g/mol. The predicted octanol–water partition coefficient (Wildman–Crippen LogP) is 0.890. The molecule has 0 bridgehead atoms. The zero-order chi connectivity index (χ0) is 18.9. The van der Waals surface area contributed by atoms with Crippen LogP contribution >= 0.6 is 24.0 Å². The molecular formula is C18H30IN5O3. The Morgan fingerprint density at radius 3 is 2.44 bits per heavy atom. The number of amides is 1. The summed E-state index contributed by atoms with van der Waals surface area (Å²) < 4.78 is 10.5. The van der Waals surface area contributed by atoms with Crippen LogP contribution in [0.25, 0.3) is 0 Å². The standard InChI is InChI=1S/C18H29N5O3.HI/c1-14(24)23-10-8-22(9-11-23)7-6-20-18(19)21-13-15-4-5-16(25-2)17(12-15)26-3;/h4-5,12H,6-11,13H2,1-3H3,(H3,19,20,21);1H. The summed E-state index contributed by atoms with van der Waals surface area (Å²) in [6.45, 7) is 7.05. The van der Waals surface area contributed by atoms with Crippen LogP contribution in [-0.4, -0.2) is 75.2 Å². The molecule has 0 atom stereocenters. The lowest BCUT2D eigenvalue weighted by Gasteiger charge is -2.34. The highest BCUT2D eigenvalue weighted by Crippen LogP contribution is 2.27. The van der Waals surface area contributed by atoms with Gasteiger partial charge in [0, 0.05) is 46.2 Å². The summed E-state index contributed by atoms with van der Waals surface area (Å²) in [6.07, 6.45) is 0. The third-order valence-corrected chi connectivity index (χ3v) is 4.43. The molecule has 9 heteroatoms. The normalized spacial score (nSPS) is 15.1. The van der Waals surface area contributed by atoms with Crippen LogP contribution in [-0.2, 0) is 11.3 Å². The monoisotopic (exact) mass is 491 g/mol. The van der Waals surface area contributed by atoms with Crippen molar-refractivity contribution in [3.05, 3.63) is 23.8 Å². The number of rotatable bonds is 7. The Hall–Kier alpha value is -1.75. The second kappa shape index (κ2) is 11.9. The van der Waals surface area contributed by atoms with E-state index in [4.69, 9.17) is 15.2 Å². The van der Waals surface area contributed by atoms with Crippen LogP contribution in [0, 0.1) is 0 Å². The Morgan fingerprint density at radius 1 is 1.19 bits per heavy atom. The number of carbonyl (C=O) groups is 1. The minimum Gasteiger partial charge on any atom is -0.493 e. The lowest BCUT2D eigenvalue weighted by Crippen LogP contribution is -2.50. The third kappa shape index (κ3) is 7.41. The molecule has 0 radical (unpaired) electrons. The number of nitrogens with one attached hydrogen (secondary N) is 1. The Morgan fingerprint density at radius 2 is 1.85 bits per heavy atom. The van der Waals surface area contributed by atoms with Gasteiger partial charge in [-0.15, -0.1) is 24.0 Å². The first-order chi connectivity index (χ1) is 12.5. The summed E-state index contributed by atoms with van der Waals surface area (Å²) in [5, 5.41) is 3.13. The first-order valence-electron chi connectivity index (χ1n) is 8.76. The van der Waals surface area contributed by atoms with Crippen molar-refractivity contribution in [1.82, 2.24) is 15.1 Å². The highest BCUT2D eigenvalue weighted by Gasteiger charge is 2.17. The number of benzene rings is 1. The number of halogens is 1. The molecule has 0 saturated carbocycles. The van der Waals surface area contributed by atoms with Crippen LogP contribution in [0.5, 0.6) is 11.5 Å². The second-order valence-electron chi connectivity index (χ2n) is 6.17. The maximum atomic E-state index is 11.3. The van der Waals surface area contributed by atoms with E-state index in [1.54, 1.807) is 21.1 Å². The molecule has 1 aliphatic heterocycles. The minimum atomic E-state index is 0. The van der Waals surface area contributed by atoms with E-state index in [0.29, 0.717) is 24.0 Å². The average Bonchev–Trinajstić information content (AvgIpc) is 2.66. The molecule has 152 valence electrons. The largest absolute Gasteiger partial charge is 0.493 e. The van der Waals surface area contributed by atoms with Gasteiger partial charge in [0.05, 0.1) is 20.8 Å². The van der Waals surface area contributed by atoms with Gasteiger partial charge in [0.25, 0.3) is 0 Å². The van der Waals surface area contributed by atoms with Crippen LogP contribution in [0.3, 0.4) is 0 Å². The molecule has 1 aromatic carbocycles. The zero-order valence-electron chi connectivity index (χ0n) is 16.2. The molecular weight excluding hydrogens is 461 g/mol. The molecule has 27 heavy (non-hydrogen) atoms. The van der Waals surface area contributed by atoms with Crippen LogP contribution in [0.1, 0.15) is 12.5 Å². The number of nitrogens with zero attached hydrogens (tertiary/aromatic N) is 3. The lowest BCUT2D eigenvalue weighted by atomic mass is 10.2. The Labute approximate surface area is 178 Å². The van der Waals surface area contributed by atoms with E-state index < -0.39 is 0 Å². The minimum absolute atomic E-state index is 0. The maximum Gasteiger partial charge on any atom is 0.219 e. The number of guanidine groups is 1. The molecule has 1 heterocycles. The predicted molar refractivity (Wildman–Crippen MR) is 117 cm³/mol. The summed E-state index contributed by atoms with van der Waals surface area (Å²) in [6, 6.07) is 5.69. The molecule has 0 unspecified atom stereocenters. The number of aliphatic imine (C=N–C) groups is 1. The first-order valence-corrected chi connectivity index (χ1v) is 8.76. The Bertz CT molecular complexity index is 633. The highest BCUT2D eigenvalue weighted by molar-refractivity contribution is 14.0. The van der Waals surface area contributed by atoms with Crippen LogP contribution in [0.4, 0.5) is 0 Å². The topological polar surface area (TPSA) is 92.4 Å². The van der Waals surface area contributed by atoms with Crippen LogP contribution in [0.2, 0.25) is 0 Å². The van der Waals surface area contributed by atoms with Crippen molar-refractivity contribution in [2.75, 3.05) is 53.5 Å². The van der Waals surface area contributed by atoms with Crippen molar-refractivity contribution >= 4 is 35.8 Å². The van der Waals surface area contributed by atoms with E-state index in [2.05, 4.69) is 15.2 Å². The number of methoxy groups -OCH3 is 2. The van der Waals surface area contributed by atoms with Gasteiger partial charge in [-0.2, -0.15) is 0 Å². The van der Waals surface area contributed by atoms with E-state index in [0.717, 1.165) is 44.8 Å². The van der Waals surface area contributed by atoms with Gasteiger partial charge in [-0.05, 0) is 17.7 Å². The molecule has 0 aliphatic carbocycles. The quantitative estimate of drug-likeness (QED) is 0.335. The zero-order valence-corrected chi connectivity index (χ0v) is 18.6. The van der Waals surface area contributed by atoms with Gasteiger partial charge >= 0.3 is 0 Å². The smallest absolute Gasteiger partial charge is 0.219 e. The van der Waals surface area contributed by atoms with E-state index >= 15 is 0 Å². The Kier molecular flexibility index (Phi) is 10.2. The molecule has 1 saturated heterocycles. The highest BCUT2D eigenvalue weighted by atomic mass is 127. The van der Waals surface area contributed by atoms with Crippen molar-refractivity contribution < 1.29 is 14.3 Å². The molecule has 2 rings (SSSR count). The number of nitrogens with two attached hydrogens (primary N) is 1. The van der Waals surface area contributed by atoms with Crippen molar-refractivity contribution in [3.63, 3.8) is 0 Å². The second-order valence-corrected chi connectivity index (χ2v) is 6.17. The van der Waals surface area contributed by atoms with Crippen molar-refractivity contribution in [1.29, 1.82) is 0 Å². The fourth-order valence-corrected chi connectivity index (χ4v) is 2.84. The molecule has 8 nitrogen and oxygen atoms in total. The van der Waals surface area contributed by atoms with Crippen molar-refractivity contribution in [2.24, 2.45) is 10.7 Å². The van der Waals surface area contributed by atoms with E-state index in [1.807, 2.05) is 23.1 Å². The molecule has 1 aliphatic rings. The van der Waals surface area contributed by atoms with Gasteiger partial charge in [-0.3, -0.25) is 9.69 Å². The molecule has 3 N–H and O–H groups in total. The summed E-state index contributed by atoms with van der Waals surface area (Å²) in [7, 11) is 3.22. The van der Waals surface area contributed by atoms with Crippen LogP contribution in [0.15, 0.2) is 23.2 Å². The van der Waals surface area contributed by atoms with Gasteiger partial charge < -0.3 is 25.4 Å². The van der Waals surface area contributed by atoms with E-state index in [9.17, 15) is 4.79 Å². The molecule has 1 aromatic rings. The third-order valence-electron chi connectivity index (χ3n) is 4.43.